The number of carboxylic acids is 1. The molecule has 0 amide bonds. The average molecular weight is 144 g/mol. The molecule has 0 atom stereocenters. The lowest BCUT2D eigenvalue weighted by Gasteiger charge is -1.85. The molecule has 0 aliphatic carbocycles. The lowest BCUT2D eigenvalue weighted by Crippen LogP contribution is -1.93. The number of carbonyl (C=O) groups is 2. The highest BCUT2D eigenvalue weighted by Gasteiger charge is 2.18. The van der Waals surface area contributed by atoms with Gasteiger partial charge in [0.1, 0.15) is 0 Å². The summed E-state index contributed by atoms with van der Waals surface area (Å²) in [5.74, 6) is -1.13. The third kappa shape index (κ3) is 1.48. The van der Waals surface area contributed by atoms with Gasteiger partial charge in [-0.15, -0.1) is 0 Å². The van der Waals surface area contributed by atoms with Crippen molar-refractivity contribution in [2.24, 2.45) is 0 Å². The van der Waals surface area contributed by atoms with Crippen LogP contribution in [0.3, 0.4) is 0 Å². The molecule has 1 N–H and O–H groups in total. The molecule has 0 radical (unpaired) electrons. The molecule has 1 fully saturated rings. The van der Waals surface area contributed by atoms with Crippen molar-refractivity contribution < 1.29 is 24.2 Å². The maximum atomic E-state index is 10.2. The summed E-state index contributed by atoms with van der Waals surface area (Å²) in [6, 6.07) is 0. The van der Waals surface area contributed by atoms with Crippen molar-refractivity contribution in [1.29, 1.82) is 0 Å². The highest BCUT2D eigenvalue weighted by Crippen LogP contribution is 2.08. The van der Waals surface area contributed by atoms with E-state index >= 15 is 0 Å². The van der Waals surface area contributed by atoms with Crippen molar-refractivity contribution in [1.82, 2.24) is 0 Å². The molecule has 0 aromatic heterocycles. The Hall–Kier alpha value is -1.52. The molecule has 0 spiro atoms. The van der Waals surface area contributed by atoms with E-state index in [1.165, 1.54) is 0 Å². The van der Waals surface area contributed by atoms with Crippen LogP contribution in [0, 0.1) is 0 Å². The van der Waals surface area contributed by atoms with Gasteiger partial charge in [0.2, 0.25) is 0 Å². The second-order valence-electron chi connectivity index (χ2n) is 1.59. The first-order chi connectivity index (χ1) is 4.68. The predicted octanol–water partition coefficient (Wildman–Crippen LogP) is 0.122. The minimum Gasteiger partial charge on any atom is -0.478 e. The molecule has 1 saturated heterocycles. The first-order valence-electron chi connectivity index (χ1n) is 2.46. The summed E-state index contributed by atoms with van der Waals surface area (Å²) >= 11 is 0. The minimum absolute atomic E-state index is 0.0255. The zero-order valence-electron chi connectivity index (χ0n) is 4.86. The topological polar surface area (TPSA) is 72.8 Å². The van der Waals surface area contributed by atoms with Crippen LogP contribution >= 0.6 is 0 Å². The Morgan fingerprint density at radius 1 is 1.70 bits per heavy atom. The molecule has 1 aliphatic rings. The Labute approximate surface area is 55.8 Å². The van der Waals surface area contributed by atoms with Gasteiger partial charge in [0.15, 0.2) is 12.4 Å². The molecule has 1 heterocycles. The average Bonchev–Trinajstić information content (AvgIpc) is 2.13. The molecular formula is C5H4O5. The van der Waals surface area contributed by atoms with E-state index in [4.69, 9.17) is 5.11 Å². The second kappa shape index (κ2) is 2.38. The van der Waals surface area contributed by atoms with Crippen LogP contribution in [-0.2, 0) is 14.3 Å². The van der Waals surface area contributed by atoms with E-state index in [2.05, 4.69) is 9.47 Å². The minimum atomic E-state index is -1.16. The number of cyclic esters (lactones) is 2. The molecule has 0 aromatic carbocycles. The van der Waals surface area contributed by atoms with E-state index in [1.54, 1.807) is 0 Å². The molecule has 10 heavy (non-hydrogen) atoms. The molecule has 0 unspecified atom stereocenters. The van der Waals surface area contributed by atoms with E-state index in [0.29, 0.717) is 0 Å². The van der Waals surface area contributed by atoms with Gasteiger partial charge in [-0.25, -0.2) is 9.59 Å². The first kappa shape index (κ1) is 6.60. The van der Waals surface area contributed by atoms with Crippen LogP contribution in [-0.4, -0.2) is 23.8 Å². The smallest absolute Gasteiger partial charge is 0.478 e. The molecule has 1 aliphatic heterocycles. The van der Waals surface area contributed by atoms with Crippen LogP contribution in [0.2, 0.25) is 0 Å². The molecule has 0 saturated carbocycles. The summed E-state index contributed by atoms with van der Waals surface area (Å²) in [5, 5.41) is 8.14. The number of hydrogen-bond donors (Lipinski definition) is 1. The number of ether oxygens (including phenoxy) is 2. The fourth-order valence-corrected chi connectivity index (χ4v) is 0.505. The normalized spacial score (nSPS) is 20.4. The van der Waals surface area contributed by atoms with Crippen molar-refractivity contribution in [3.63, 3.8) is 0 Å². The van der Waals surface area contributed by atoms with Gasteiger partial charge in [-0.1, -0.05) is 0 Å². The van der Waals surface area contributed by atoms with E-state index in [9.17, 15) is 9.59 Å². The van der Waals surface area contributed by atoms with Crippen molar-refractivity contribution in [2.45, 2.75) is 0 Å². The third-order valence-electron chi connectivity index (χ3n) is 0.831. The van der Waals surface area contributed by atoms with Crippen LogP contribution in [0.15, 0.2) is 11.8 Å². The van der Waals surface area contributed by atoms with Crippen LogP contribution in [0.1, 0.15) is 0 Å². The summed E-state index contributed by atoms with van der Waals surface area (Å²) in [7, 11) is 0. The van der Waals surface area contributed by atoms with Crippen molar-refractivity contribution in [3.05, 3.63) is 11.8 Å². The van der Waals surface area contributed by atoms with Gasteiger partial charge in [-0.2, -0.15) is 0 Å². The van der Waals surface area contributed by atoms with Gasteiger partial charge in [-0.05, 0) is 0 Å². The molecular weight excluding hydrogens is 140 g/mol. The van der Waals surface area contributed by atoms with Crippen LogP contribution in [0.25, 0.3) is 0 Å². The van der Waals surface area contributed by atoms with Gasteiger partial charge in [-0.3, -0.25) is 0 Å². The van der Waals surface area contributed by atoms with Gasteiger partial charge in [0.05, 0.1) is 6.08 Å². The maximum Gasteiger partial charge on any atom is 0.514 e. The Morgan fingerprint density at radius 2 is 2.40 bits per heavy atom. The zero-order chi connectivity index (χ0) is 7.56. The Balaban J connectivity index is 2.59. The highest BCUT2D eigenvalue weighted by atomic mass is 16.8. The molecule has 5 nitrogen and oxygen atoms in total. The van der Waals surface area contributed by atoms with Crippen LogP contribution < -0.4 is 0 Å². The quantitative estimate of drug-likeness (QED) is 0.418. The Morgan fingerprint density at radius 3 is 2.80 bits per heavy atom. The maximum absolute atomic E-state index is 10.2. The molecule has 1 rings (SSSR count). The van der Waals surface area contributed by atoms with Crippen molar-refractivity contribution in [3.8, 4) is 0 Å². The van der Waals surface area contributed by atoms with E-state index < -0.39 is 12.1 Å². The Bertz CT molecular complexity index is 204. The SMILES string of the molecule is O=C(O)/C=C1\COC(=O)O1. The fourth-order valence-electron chi connectivity index (χ4n) is 0.505. The third-order valence-corrected chi connectivity index (χ3v) is 0.831. The number of aliphatic carboxylic acids is 1. The van der Waals surface area contributed by atoms with E-state index in [0.717, 1.165) is 6.08 Å². The predicted molar refractivity (Wildman–Crippen MR) is 28.2 cm³/mol. The Kier molecular flexibility index (Phi) is 1.57. The van der Waals surface area contributed by atoms with Gasteiger partial charge in [0, 0.05) is 0 Å². The number of hydrogen-bond acceptors (Lipinski definition) is 4. The summed E-state index contributed by atoms with van der Waals surface area (Å²) in [6.45, 7) is -0.0921. The van der Waals surface area contributed by atoms with Gasteiger partial charge < -0.3 is 14.6 Å². The van der Waals surface area contributed by atoms with E-state index in [1.807, 2.05) is 0 Å². The summed E-state index contributed by atoms with van der Waals surface area (Å²) in [6.07, 6.45) is -0.0715. The van der Waals surface area contributed by atoms with Gasteiger partial charge >= 0.3 is 12.1 Å². The largest absolute Gasteiger partial charge is 0.514 e. The summed E-state index contributed by atoms with van der Waals surface area (Å²) < 4.78 is 8.56. The number of carboxylic acid groups (broad SMARTS) is 1. The fraction of sp³-hybridized carbons (Fsp3) is 0.200. The summed E-state index contributed by atoms with van der Waals surface area (Å²) in [4.78, 5) is 20.1. The van der Waals surface area contributed by atoms with Crippen molar-refractivity contribution >= 4 is 12.1 Å². The van der Waals surface area contributed by atoms with Crippen LogP contribution in [0.4, 0.5) is 4.79 Å². The van der Waals surface area contributed by atoms with E-state index in [-0.39, 0.29) is 12.4 Å². The molecule has 54 valence electrons. The lowest BCUT2D eigenvalue weighted by atomic mass is 10.5. The monoisotopic (exact) mass is 144 g/mol. The molecule has 0 aromatic rings. The zero-order valence-corrected chi connectivity index (χ0v) is 4.86. The van der Waals surface area contributed by atoms with Crippen LogP contribution in [0.5, 0.6) is 0 Å². The van der Waals surface area contributed by atoms with Gasteiger partial charge in [0.25, 0.3) is 0 Å². The second-order valence-corrected chi connectivity index (χ2v) is 1.59. The summed E-state index contributed by atoms with van der Waals surface area (Å²) in [5.41, 5.74) is 0. The number of rotatable bonds is 1. The molecule has 0 bridgehead atoms. The lowest BCUT2D eigenvalue weighted by molar-refractivity contribution is -0.131. The number of carbonyl (C=O) groups excluding carboxylic acids is 1. The molecule has 5 heteroatoms. The first-order valence-corrected chi connectivity index (χ1v) is 2.46. The van der Waals surface area contributed by atoms with Crippen molar-refractivity contribution in [2.75, 3.05) is 6.61 Å². The standard InChI is InChI=1S/C5H4O5/c6-4(7)1-3-2-9-5(8)10-3/h1H,2H2,(H,6,7)/b3-1+. The highest BCUT2D eigenvalue weighted by molar-refractivity contribution is 5.81.